The molecule has 18 heavy (non-hydrogen) atoms. The van der Waals surface area contributed by atoms with Crippen LogP contribution < -0.4 is 5.32 Å². The molecule has 0 amide bonds. The number of hydrogen-bond donors (Lipinski definition) is 1. The van der Waals surface area contributed by atoms with E-state index in [0.29, 0.717) is 6.10 Å². The topological polar surface area (TPSA) is 34.2 Å². The second-order valence-corrected chi connectivity index (χ2v) is 6.62. The number of nitrogens with one attached hydrogen (secondary N) is 1. The summed E-state index contributed by atoms with van der Waals surface area (Å²) in [6.45, 7) is 11.6. The zero-order valence-corrected chi connectivity index (χ0v) is 12.7. The van der Waals surface area contributed by atoms with Crippen molar-refractivity contribution in [2.75, 3.05) is 19.7 Å². The molecule has 1 fully saturated rings. The normalized spacial score (nSPS) is 27.9. The van der Waals surface area contributed by atoms with Gasteiger partial charge in [0.15, 0.2) is 0 Å². The van der Waals surface area contributed by atoms with Gasteiger partial charge < -0.3 is 10.1 Å². The van der Waals surface area contributed by atoms with E-state index in [-0.39, 0.29) is 5.41 Å². The average Bonchev–Trinajstić information content (AvgIpc) is 2.82. The first-order valence-electron chi connectivity index (χ1n) is 6.82. The van der Waals surface area contributed by atoms with Crippen molar-refractivity contribution in [3.63, 3.8) is 0 Å². The highest BCUT2D eigenvalue weighted by atomic mass is 32.1. The standard InChI is InChI=1S/C14H24N2OS/c1-5-15-9-14(6-7-17-12(14)4)8-13-16-10(2)11(3)18-13/h12,15H,5-9H2,1-4H3. The molecule has 1 aliphatic rings. The lowest BCUT2D eigenvalue weighted by Crippen LogP contribution is -2.41. The van der Waals surface area contributed by atoms with E-state index in [4.69, 9.17) is 9.72 Å². The van der Waals surface area contributed by atoms with Crippen LogP contribution in [0.25, 0.3) is 0 Å². The molecule has 2 heterocycles. The lowest BCUT2D eigenvalue weighted by Gasteiger charge is -2.31. The Hall–Kier alpha value is -0.450. The van der Waals surface area contributed by atoms with Crippen molar-refractivity contribution in [2.24, 2.45) is 5.41 Å². The number of hydrogen-bond acceptors (Lipinski definition) is 4. The molecule has 2 atom stereocenters. The van der Waals surface area contributed by atoms with E-state index in [1.807, 2.05) is 11.3 Å². The maximum absolute atomic E-state index is 5.81. The summed E-state index contributed by atoms with van der Waals surface area (Å²) in [6, 6.07) is 0. The monoisotopic (exact) mass is 268 g/mol. The lowest BCUT2D eigenvalue weighted by atomic mass is 9.78. The molecule has 1 N–H and O–H groups in total. The molecule has 0 bridgehead atoms. The molecule has 0 saturated carbocycles. The first kappa shape index (κ1) is 14.0. The van der Waals surface area contributed by atoms with Gasteiger partial charge in [0.25, 0.3) is 0 Å². The van der Waals surface area contributed by atoms with Crippen molar-refractivity contribution >= 4 is 11.3 Å². The summed E-state index contributed by atoms with van der Waals surface area (Å²) in [5.74, 6) is 0. The van der Waals surface area contributed by atoms with Crippen LogP contribution in [0.5, 0.6) is 0 Å². The molecular weight excluding hydrogens is 244 g/mol. The molecule has 2 unspecified atom stereocenters. The molecule has 2 rings (SSSR count). The fraction of sp³-hybridized carbons (Fsp3) is 0.786. The molecule has 0 aliphatic carbocycles. The Balaban J connectivity index is 2.14. The van der Waals surface area contributed by atoms with Gasteiger partial charge in [-0.25, -0.2) is 4.98 Å². The van der Waals surface area contributed by atoms with Crippen LogP contribution in [0.3, 0.4) is 0 Å². The van der Waals surface area contributed by atoms with Crippen LogP contribution in [0.2, 0.25) is 0 Å². The molecular formula is C14H24N2OS. The molecule has 0 spiro atoms. The molecule has 1 saturated heterocycles. The van der Waals surface area contributed by atoms with Crippen LogP contribution in [0.15, 0.2) is 0 Å². The van der Waals surface area contributed by atoms with Crippen molar-refractivity contribution < 1.29 is 4.74 Å². The number of rotatable bonds is 5. The van der Waals surface area contributed by atoms with Gasteiger partial charge in [0, 0.05) is 29.9 Å². The predicted octanol–water partition coefficient (Wildman–Crippen LogP) is 2.71. The predicted molar refractivity (Wildman–Crippen MR) is 76.3 cm³/mol. The summed E-state index contributed by atoms with van der Waals surface area (Å²) in [6.07, 6.45) is 2.50. The summed E-state index contributed by atoms with van der Waals surface area (Å²) in [4.78, 5) is 6.04. The van der Waals surface area contributed by atoms with Crippen LogP contribution in [0, 0.1) is 19.3 Å². The van der Waals surface area contributed by atoms with Gasteiger partial charge in [0.05, 0.1) is 16.8 Å². The number of aromatic nitrogens is 1. The summed E-state index contributed by atoms with van der Waals surface area (Å²) in [5.41, 5.74) is 1.41. The van der Waals surface area contributed by atoms with E-state index < -0.39 is 0 Å². The van der Waals surface area contributed by atoms with Crippen LogP contribution in [0.1, 0.15) is 35.8 Å². The SMILES string of the molecule is CCNCC1(Cc2nc(C)c(C)s2)CCOC1C. The van der Waals surface area contributed by atoms with Crippen LogP contribution in [0.4, 0.5) is 0 Å². The van der Waals surface area contributed by atoms with Gasteiger partial charge in [0.2, 0.25) is 0 Å². The van der Waals surface area contributed by atoms with Gasteiger partial charge >= 0.3 is 0 Å². The van der Waals surface area contributed by atoms with Crippen LogP contribution in [-0.4, -0.2) is 30.8 Å². The summed E-state index contributed by atoms with van der Waals surface area (Å²) >= 11 is 1.84. The minimum Gasteiger partial charge on any atom is -0.378 e. The Labute approximate surface area is 114 Å². The van der Waals surface area contributed by atoms with E-state index >= 15 is 0 Å². The molecule has 1 aliphatic heterocycles. The third kappa shape index (κ3) is 2.76. The van der Waals surface area contributed by atoms with E-state index in [2.05, 4.69) is 33.0 Å². The second-order valence-electron chi connectivity index (χ2n) is 5.33. The Morgan fingerprint density at radius 1 is 1.50 bits per heavy atom. The summed E-state index contributed by atoms with van der Waals surface area (Å²) < 4.78 is 5.81. The van der Waals surface area contributed by atoms with E-state index in [1.54, 1.807) is 0 Å². The van der Waals surface area contributed by atoms with Gasteiger partial charge in [-0.2, -0.15) is 0 Å². The Morgan fingerprint density at radius 2 is 2.28 bits per heavy atom. The molecule has 0 radical (unpaired) electrons. The van der Waals surface area contributed by atoms with Gasteiger partial charge in [-0.1, -0.05) is 6.92 Å². The number of ether oxygens (including phenoxy) is 1. The quantitative estimate of drug-likeness (QED) is 0.891. The summed E-state index contributed by atoms with van der Waals surface area (Å²) in [7, 11) is 0. The molecule has 0 aromatic carbocycles. The highest BCUT2D eigenvalue weighted by Crippen LogP contribution is 2.38. The molecule has 4 heteroatoms. The number of nitrogens with zero attached hydrogens (tertiary/aromatic N) is 1. The molecule has 3 nitrogen and oxygen atoms in total. The van der Waals surface area contributed by atoms with Crippen molar-refractivity contribution in [1.82, 2.24) is 10.3 Å². The third-order valence-electron chi connectivity index (χ3n) is 4.13. The largest absolute Gasteiger partial charge is 0.378 e. The lowest BCUT2D eigenvalue weighted by molar-refractivity contribution is 0.0632. The zero-order chi connectivity index (χ0) is 13.2. The second kappa shape index (κ2) is 5.68. The van der Waals surface area contributed by atoms with Crippen LogP contribution in [-0.2, 0) is 11.2 Å². The summed E-state index contributed by atoms with van der Waals surface area (Å²) in [5, 5.41) is 4.76. The Bertz CT molecular complexity index is 385. The minimum atomic E-state index is 0.229. The van der Waals surface area contributed by atoms with Crippen molar-refractivity contribution in [1.29, 1.82) is 0 Å². The van der Waals surface area contributed by atoms with E-state index in [9.17, 15) is 0 Å². The average molecular weight is 268 g/mol. The van der Waals surface area contributed by atoms with Gasteiger partial charge in [-0.3, -0.25) is 0 Å². The van der Waals surface area contributed by atoms with Gasteiger partial charge in [0.1, 0.15) is 0 Å². The number of thiazole rings is 1. The van der Waals surface area contributed by atoms with Gasteiger partial charge in [-0.05, 0) is 33.7 Å². The van der Waals surface area contributed by atoms with Crippen molar-refractivity contribution in [3.05, 3.63) is 15.6 Å². The van der Waals surface area contributed by atoms with Crippen LogP contribution >= 0.6 is 11.3 Å². The highest BCUT2D eigenvalue weighted by molar-refractivity contribution is 7.11. The van der Waals surface area contributed by atoms with Crippen molar-refractivity contribution in [2.45, 2.75) is 46.6 Å². The maximum atomic E-state index is 5.81. The molecule has 1 aromatic rings. The Kier molecular flexibility index (Phi) is 4.41. The fourth-order valence-electron chi connectivity index (χ4n) is 2.64. The Morgan fingerprint density at radius 3 is 2.78 bits per heavy atom. The van der Waals surface area contributed by atoms with E-state index in [1.165, 1.54) is 15.6 Å². The van der Waals surface area contributed by atoms with E-state index in [0.717, 1.165) is 32.5 Å². The minimum absolute atomic E-state index is 0.229. The van der Waals surface area contributed by atoms with Crippen molar-refractivity contribution in [3.8, 4) is 0 Å². The zero-order valence-electron chi connectivity index (χ0n) is 11.9. The fourth-order valence-corrected chi connectivity index (χ4v) is 3.72. The first-order valence-corrected chi connectivity index (χ1v) is 7.64. The first-order chi connectivity index (χ1) is 8.57. The number of aryl methyl sites for hydroxylation is 2. The third-order valence-corrected chi connectivity index (χ3v) is 5.21. The molecule has 1 aromatic heterocycles. The maximum Gasteiger partial charge on any atom is 0.0937 e. The highest BCUT2D eigenvalue weighted by Gasteiger charge is 2.41. The smallest absolute Gasteiger partial charge is 0.0937 e. The van der Waals surface area contributed by atoms with Gasteiger partial charge in [-0.15, -0.1) is 11.3 Å². The molecule has 102 valence electrons.